The maximum atomic E-state index is 3.24. The molecule has 17 heavy (non-hydrogen) atoms. The Morgan fingerprint density at radius 1 is 1.00 bits per heavy atom. The van der Waals surface area contributed by atoms with Crippen molar-refractivity contribution in [2.75, 3.05) is 16.8 Å². The molecule has 0 aliphatic carbocycles. The first-order valence-electron chi connectivity index (χ1n) is 5.29. The van der Waals surface area contributed by atoms with E-state index < -0.39 is 0 Å². The van der Waals surface area contributed by atoms with Crippen LogP contribution in [0.5, 0.6) is 0 Å². The summed E-state index contributed by atoms with van der Waals surface area (Å²) in [5.74, 6) is 0. The van der Waals surface area contributed by atoms with E-state index in [1.807, 2.05) is 18.2 Å². The average Bonchev–Trinajstić information content (AvgIpc) is 2.69. The predicted molar refractivity (Wildman–Crippen MR) is 66.6 cm³/mol. The molecule has 0 atom stereocenters. The van der Waals surface area contributed by atoms with E-state index in [1.54, 1.807) is 0 Å². The molecule has 2 nitrogen and oxygen atoms in total. The molecule has 0 aromatic heterocycles. The summed E-state index contributed by atoms with van der Waals surface area (Å²) < 4.78 is 0. The SMILES string of the molecule is CN1[CH-]N(c2[c-]cccc2)c2ccccc21.[Lr]. The Morgan fingerprint density at radius 3 is 2.41 bits per heavy atom. The van der Waals surface area contributed by atoms with Crippen LogP contribution in [0, 0.1) is 12.7 Å². The number of anilines is 3. The van der Waals surface area contributed by atoms with Crippen molar-refractivity contribution in [3.05, 3.63) is 61.3 Å². The third-order valence-electron chi connectivity index (χ3n) is 2.76. The third kappa shape index (κ3) is 1.55. The van der Waals surface area contributed by atoms with Gasteiger partial charge in [0.15, 0.2) is 0 Å². The Hall–Kier alpha value is -2.96. The quantitative estimate of drug-likeness (QED) is 0.591. The van der Waals surface area contributed by atoms with Gasteiger partial charge < -0.3 is 9.80 Å². The number of fused-ring (bicyclic) bond motifs is 1. The van der Waals surface area contributed by atoms with Crippen molar-refractivity contribution in [3.8, 4) is 0 Å². The van der Waals surface area contributed by atoms with E-state index in [0.717, 1.165) is 5.69 Å². The fourth-order valence-corrected chi connectivity index (χ4v) is 1.99. The zero-order chi connectivity index (χ0) is 11.0. The molecular formula is C14H12LrN2-2. The van der Waals surface area contributed by atoms with Crippen LogP contribution in [-0.4, -0.2) is 7.05 Å². The number of hydrogen-bond donors (Lipinski definition) is 0. The molecule has 0 spiro atoms. The van der Waals surface area contributed by atoms with Gasteiger partial charge in [-0.05, 0) is 19.2 Å². The largest absolute Gasteiger partial charge is 0.504 e. The Bertz CT molecular complexity index is 499. The Labute approximate surface area is 95.7 Å². The zero-order valence-corrected chi connectivity index (χ0v) is 11.5. The van der Waals surface area contributed by atoms with Crippen LogP contribution in [0.2, 0.25) is 0 Å². The summed E-state index contributed by atoms with van der Waals surface area (Å²) in [6.07, 6.45) is 0. The first-order chi connectivity index (χ1) is 7.86. The van der Waals surface area contributed by atoms with Gasteiger partial charge >= 0.3 is 0 Å². The second-order valence-electron chi connectivity index (χ2n) is 3.83. The second kappa shape index (κ2) is 3.89. The van der Waals surface area contributed by atoms with Gasteiger partial charge in [0.1, 0.15) is 0 Å². The van der Waals surface area contributed by atoms with Crippen LogP contribution >= 0.6 is 0 Å². The Morgan fingerprint density at radius 2 is 1.71 bits per heavy atom. The molecule has 1 aliphatic heterocycles. The second-order valence-corrected chi connectivity index (χ2v) is 3.83. The molecule has 0 amide bonds. The smallest absolute Gasteiger partial charge is 0.0326 e. The normalized spacial score (nSPS) is 13.2. The number of nitrogens with zero attached hydrogens (tertiary/aromatic N) is 2. The minimum absolute atomic E-state index is 0. The minimum atomic E-state index is 0. The molecule has 3 heteroatoms. The molecule has 0 unspecified atom stereocenters. The van der Waals surface area contributed by atoms with Gasteiger partial charge in [-0.25, -0.2) is 0 Å². The number of rotatable bonds is 1. The van der Waals surface area contributed by atoms with Crippen LogP contribution in [-0.2, 0) is 0 Å². The number of para-hydroxylation sites is 3. The first kappa shape index (κ1) is 10.6. The van der Waals surface area contributed by atoms with Crippen molar-refractivity contribution >= 4 is 17.1 Å². The standard InChI is InChI=1S/C14H12N2.Lr/c1-15-11-16(12-7-3-2-4-8-12)14-10-6-5-9-13(14)15;/h2-7,9-11H,1H3;/q-2;. The van der Waals surface area contributed by atoms with E-state index in [2.05, 4.69) is 59.9 Å². The van der Waals surface area contributed by atoms with Crippen molar-refractivity contribution in [1.29, 1.82) is 0 Å². The van der Waals surface area contributed by atoms with Crippen molar-refractivity contribution in [1.82, 2.24) is 0 Å². The Balaban J connectivity index is 0.00000108. The fraction of sp³-hybridized carbons (Fsp3) is 0.0714. The molecule has 0 saturated heterocycles. The van der Waals surface area contributed by atoms with Crippen molar-refractivity contribution in [2.24, 2.45) is 0 Å². The molecule has 2 aromatic rings. The van der Waals surface area contributed by atoms with Gasteiger partial charge in [0.25, 0.3) is 0 Å². The molecule has 3 rings (SSSR count). The van der Waals surface area contributed by atoms with Crippen LogP contribution in [0.1, 0.15) is 0 Å². The van der Waals surface area contributed by atoms with Crippen LogP contribution in [0.4, 0.5) is 17.1 Å². The minimum Gasteiger partial charge on any atom is -0.504 e. The van der Waals surface area contributed by atoms with E-state index in [4.69, 9.17) is 0 Å². The molecule has 0 bridgehead atoms. The maximum absolute atomic E-state index is 3.24. The van der Waals surface area contributed by atoms with Gasteiger partial charge in [0.05, 0.1) is 0 Å². The number of benzene rings is 2. The molecule has 1 aliphatic rings. The molecule has 95 valence electrons. The third-order valence-corrected chi connectivity index (χ3v) is 2.76. The van der Waals surface area contributed by atoms with Gasteiger partial charge in [-0.2, -0.15) is 37.0 Å². The van der Waals surface area contributed by atoms with Crippen molar-refractivity contribution < 1.29 is 0 Å². The summed E-state index contributed by atoms with van der Waals surface area (Å²) in [5, 5.41) is 0. The van der Waals surface area contributed by atoms with E-state index >= 15 is 0 Å². The van der Waals surface area contributed by atoms with Crippen LogP contribution in [0.3, 0.4) is 0 Å². The van der Waals surface area contributed by atoms with Gasteiger partial charge in [-0.3, -0.25) is 0 Å². The van der Waals surface area contributed by atoms with E-state index in [-0.39, 0.29) is 0 Å². The summed E-state index contributed by atoms with van der Waals surface area (Å²) in [6.45, 7) is 2.08. The van der Waals surface area contributed by atoms with Gasteiger partial charge in [-0.15, -0.1) is 5.69 Å². The van der Waals surface area contributed by atoms with E-state index in [9.17, 15) is 0 Å². The van der Waals surface area contributed by atoms with Crippen LogP contribution < -0.4 is 9.80 Å². The van der Waals surface area contributed by atoms with E-state index in [0.29, 0.717) is 0 Å². The van der Waals surface area contributed by atoms with Crippen molar-refractivity contribution in [2.45, 2.75) is 0 Å². The summed E-state index contributed by atoms with van der Waals surface area (Å²) in [4.78, 5) is 4.27. The molecule has 1 radical (unpaired) electrons. The zero-order valence-electron chi connectivity index (χ0n) is 9.35. The molecule has 0 N–H and O–H groups in total. The average molecular weight is 470 g/mol. The monoisotopic (exact) mass is 470 g/mol. The van der Waals surface area contributed by atoms with Crippen LogP contribution in [0.15, 0.2) is 48.5 Å². The fourth-order valence-electron chi connectivity index (χ4n) is 1.99. The summed E-state index contributed by atoms with van der Waals surface area (Å²) in [7, 11) is 2.06. The van der Waals surface area contributed by atoms with Crippen LogP contribution in [0.25, 0.3) is 0 Å². The summed E-state index contributed by atoms with van der Waals surface area (Å²) >= 11 is 0. The molecule has 0 fully saturated rings. The summed E-state index contributed by atoms with van der Waals surface area (Å²) in [5.41, 5.74) is 3.49. The topological polar surface area (TPSA) is 6.48 Å². The van der Waals surface area contributed by atoms with Gasteiger partial charge in [0.2, 0.25) is 0 Å². The van der Waals surface area contributed by atoms with Gasteiger partial charge in [0, 0.05) is 11.4 Å². The predicted octanol–water partition coefficient (Wildman–Crippen LogP) is 3.19. The number of hydrogen-bond acceptors (Lipinski definition) is 2. The molecule has 0 saturated carbocycles. The molecule has 1 heterocycles. The molecule has 2 aromatic carbocycles. The van der Waals surface area contributed by atoms with Gasteiger partial charge in [-0.1, -0.05) is 12.1 Å². The van der Waals surface area contributed by atoms with E-state index in [1.165, 1.54) is 11.4 Å². The molecular weight excluding hydrogens is 458 g/mol. The van der Waals surface area contributed by atoms with Crippen molar-refractivity contribution in [3.63, 3.8) is 0 Å². The maximum Gasteiger partial charge on any atom is 0.0326 e. The first-order valence-corrected chi connectivity index (χ1v) is 5.29. The Kier molecular flexibility index (Phi) is 2.42. The summed E-state index contributed by atoms with van der Waals surface area (Å²) in [6, 6.07) is 19.6.